The summed E-state index contributed by atoms with van der Waals surface area (Å²) < 4.78 is 89.9. The molecule has 3 aromatic heterocycles. The minimum Gasteiger partial charge on any atom is -0.500 e. The van der Waals surface area contributed by atoms with Gasteiger partial charge in [-0.3, -0.25) is 4.79 Å². The highest BCUT2D eigenvalue weighted by Crippen LogP contribution is 2.45. The molecule has 3 N–H and O–H groups in total. The van der Waals surface area contributed by atoms with Crippen molar-refractivity contribution in [2.45, 2.75) is 48.9 Å². The molecular formula is C25H22B3F6N7O4. The second kappa shape index (κ2) is 11.7. The number of nitrogens with two attached hydrogens (primary N) is 1. The number of likely N-dealkylation sites (tertiary alicyclic amines) is 1. The summed E-state index contributed by atoms with van der Waals surface area (Å²) in [6.07, 6.45) is -5.99. The molecule has 4 heterocycles. The van der Waals surface area contributed by atoms with Crippen LogP contribution < -0.4 is 15.8 Å². The Kier molecular flexibility index (Phi) is 8.37. The van der Waals surface area contributed by atoms with Gasteiger partial charge in [-0.1, -0.05) is 0 Å². The third-order valence-electron chi connectivity index (χ3n) is 7.19. The Morgan fingerprint density at radius 3 is 2.49 bits per heavy atom. The molecule has 20 heteroatoms. The lowest BCUT2D eigenvalue weighted by atomic mass is 9.52. The van der Waals surface area contributed by atoms with Gasteiger partial charge in [0.05, 0.1) is 18.3 Å². The second-order valence-electron chi connectivity index (χ2n) is 11.0. The number of anilines is 1. The van der Waals surface area contributed by atoms with Gasteiger partial charge in [-0.25, -0.2) is 32.4 Å². The molecule has 232 valence electrons. The van der Waals surface area contributed by atoms with Crippen LogP contribution in [0.4, 0.5) is 37.0 Å². The summed E-state index contributed by atoms with van der Waals surface area (Å²) in [7, 11) is 16.6. The highest BCUT2D eigenvalue weighted by molar-refractivity contribution is 6.58. The number of halogens is 6. The van der Waals surface area contributed by atoms with E-state index in [1.807, 2.05) is 0 Å². The molecule has 0 aromatic carbocycles. The van der Waals surface area contributed by atoms with Gasteiger partial charge in [-0.2, -0.15) is 18.3 Å². The average Bonchev–Trinajstić information content (AvgIpc) is 3.46. The zero-order valence-electron chi connectivity index (χ0n) is 23.2. The Labute approximate surface area is 255 Å². The lowest BCUT2D eigenvalue weighted by Crippen LogP contribution is -2.43. The molecule has 2 aliphatic rings. The van der Waals surface area contributed by atoms with Crippen molar-refractivity contribution in [3.63, 3.8) is 0 Å². The van der Waals surface area contributed by atoms with Crippen LogP contribution in [0.15, 0.2) is 24.7 Å². The fourth-order valence-electron chi connectivity index (χ4n) is 5.28. The normalized spacial score (nSPS) is 20.2. The lowest BCUT2D eigenvalue weighted by molar-refractivity contribution is -0.162. The Morgan fingerprint density at radius 1 is 1.13 bits per heavy atom. The van der Waals surface area contributed by atoms with Gasteiger partial charge in [0.15, 0.2) is 12.4 Å². The van der Waals surface area contributed by atoms with E-state index in [1.165, 1.54) is 23.1 Å². The maximum Gasteiger partial charge on any atom is 0.422 e. The third kappa shape index (κ3) is 7.41. The van der Waals surface area contributed by atoms with E-state index in [2.05, 4.69) is 25.1 Å². The molecule has 0 bridgehead atoms. The van der Waals surface area contributed by atoms with Crippen LogP contribution in [0.25, 0.3) is 16.8 Å². The van der Waals surface area contributed by atoms with Crippen LogP contribution >= 0.6 is 0 Å². The molecule has 2 amide bonds. The van der Waals surface area contributed by atoms with E-state index in [4.69, 9.17) is 34.0 Å². The van der Waals surface area contributed by atoms with Crippen molar-refractivity contribution in [2.24, 2.45) is 5.92 Å². The number of nitrogens with one attached hydrogen (secondary N) is 1. The molecule has 1 saturated heterocycles. The fraction of sp³-hybridized carbons (Fsp3) is 0.480. The molecule has 45 heavy (non-hydrogen) atoms. The average molecular weight is 631 g/mol. The summed E-state index contributed by atoms with van der Waals surface area (Å²) in [4.78, 5) is 34.2. The van der Waals surface area contributed by atoms with Crippen molar-refractivity contribution in [3.05, 3.63) is 35.8 Å². The predicted molar refractivity (Wildman–Crippen MR) is 148 cm³/mol. The first-order chi connectivity index (χ1) is 20.9. The van der Waals surface area contributed by atoms with Crippen LogP contribution in [0, 0.1) is 5.92 Å². The van der Waals surface area contributed by atoms with Crippen LogP contribution in [0.1, 0.15) is 28.8 Å². The highest BCUT2D eigenvalue weighted by Gasteiger charge is 2.45. The van der Waals surface area contributed by atoms with E-state index in [1.54, 1.807) is 6.07 Å². The summed E-state index contributed by atoms with van der Waals surface area (Å²) in [5, 5.41) is 4.26. The number of hydrogen-bond acceptors (Lipinski definition) is 8. The summed E-state index contributed by atoms with van der Waals surface area (Å²) in [5.41, 5.74) is 7.25. The minimum absolute atomic E-state index is 0.0796. The number of aromatic nitrogens is 4. The van der Waals surface area contributed by atoms with E-state index in [0.29, 0.717) is 21.7 Å². The van der Waals surface area contributed by atoms with E-state index in [-0.39, 0.29) is 42.1 Å². The maximum atomic E-state index is 14.8. The molecule has 1 aliphatic heterocycles. The number of pyridine rings is 1. The van der Waals surface area contributed by atoms with Gasteiger partial charge in [0.25, 0.3) is 5.91 Å². The molecule has 5 rings (SSSR count). The van der Waals surface area contributed by atoms with Crippen molar-refractivity contribution >= 4 is 46.9 Å². The summed E-state index contributed by atoms with van der Waals surface area (Å²) >= 11 is 0. The van der Waals surface area contributed by atoms with Gasteiger partial charge in [-0.15, -0.1) is 0 Å². The molecule has 2 fully saturated rings. The molecule has 3 aromatic rings. The number of hydrogen-bond donors (Lipinski definition) is 2. The minimum atomic E-state index is -4.79. The van der Waals surface area contributed by atoms with E-state index in [0.717, 1.165) is 0 Å². The van der Waals surface area contributed by atoms with Gasteiger partial charge in [0.2, 0.25) is 11.8 Å². The number of ether oxygens (including phenoxy) is 2. The summed E-state index contributed by atoms with van der Waals surface area (Å²) in [6, 6.07) is 1.54. The number of rotatable bonds is 8. The second-order valence-corrected chi connectivity index (χ2v) is 11.0. The van der Waals surface area contributed by atoms with Crippen LogP contribution in [0.2, 0.25) is 0 Å². The Hall–Kier alpha value is -4.12. The smallest absolute Gasteiger partial charge is 0.422 e. The molecule has 1 aliphatic carbocycles. The SMILES string of the molecule is [B]C([B])([B])Oc1ncc(-c2cc(CC3CC(F)(F)C3)c3c(N)ncnn23)cc1C(=O)N[C@@H]1CN(C(=O)OCC(F)(F)F)C[C@@H]1F. The van der Waals surface area contributed by atoms with Crippen LogP contribution in [0.5, 0.6) is 5.88 Å². The zero-order chi connectivity index (χ0) is 32.9. The molecule has 6 radical (unpaired) electrons. The van der Waals surface area contributed by atoms with Gasteiger partial charge >= 0.3 is 12.3 Å². The van der Waals surface area contributed by atoms with E-state index in [9.17, 15) is 35.9 Å². The van der Waals surface area contributed by atoms with Crippen LogP contribution in [0.3, 0.4) is 0 Å². The highest BCUT2D eigenvalue weighted by atomic mass is 19.4. The number of nitrogens with zero attached hydrogens (tertiary/aromatic N) is 5. The van der Waals surface area contributed by atoms with Crippen molar-refractivity contribution in [2.75, 3.05) is 25.4 Å². The van der Waals surface area contributed by atoms with E-state index < -0.39 is 67.2 Å². The van der Waals surface area contributed by atoms with E-state index >= 15 is 0 Å². The molecule has 1 saturated carbocycles. The molecule has 0 unspecified atom stereocenters. The topological polar surface area (TPSA) is 137 Å². The third-order valence-corrected chi connectivity index (χ3v) is 7.19. The van der Waals surface area contributed by atoms with Gasteiger partial charge in [0.1, 0.15) is 47.1 Å². The molecular weight excluding hydrogens is 609 g/mol. The largest absolute Gasteiger partial charge is 0.500 e. The Bertz CT molecular complexity index is 1610. The summed E-state index contributed by atoms with van der Waals surface area (Å²) in [5.74, 6) is -4.43. The summed E-state index contributed by atoms with van der Waals surface area (Å²) in [6.45, 7) is -3.02. The number of amides is 2. The van der Waals surface area contributed by atoms with Crippen molar-refractivity contribution in [1.29, 1.82) is 0 Å². The molecule has 2 atom stereocenters. The number of nitrogen functional groups attached to an aromatic ring is 1. The molecule has 0 spiro atoms. The van der Waals surface area contributed by atoms with Crippen molar-refractivity contribution in [1.82, 2.24) is 29.8 Å². The van der Waals surface area contributed by atoms with Gasteiger partial charge < -0.3 is 25.4 Å². The van der Waals surface area contributed by atoms with Gasteiger partial charge in [0, 0.05) is 31.1 Å². The number of carbonyl (C=O) groups is 2. The number of alkyl halides is 6. The Balaban J connectivity index is 1.43. The van der Waals surface area contributed by atoms with Crippen LogP contribution in [-0.4, -0.2) is 109 Å². The first-order valence-electron chi connectivity index (χ1n) is 13.4. The first-order valence-corrected chi connectivity index (χ1v) is 13.4. The Morgan fingerprint density at radius 2 is 1.84 bits per heavy atom. The lowest BCUT2D eigenvalue weighted by Gasteiger charge is -2.34. The predicted octanol–water partition coefficient (Wildman–Crippen LogP) is 1.91. The maximum absolute atomic E-state index is 14.8. The molecule has 11 nitrogen and oxygen atoms in total. The fourth-order valence-corrected chi connectivity index (χ4v) is 5.28. The number of carbonyl (C=O) groups excluding carboxylic acids is 2. The van der Waals surface area contributed by atoms with Crippen molar-refractivity contribution < 1.29 is 45.4 Å². The first kappa shape index (κ1) is 32.3. The monoisotopic (exact) mass is 631 g/mol. The van der Waals surface area contributed by atoms with Gasteiger partial charge in [-0.05, 0) is 35.3 Å². The van der Waals surface area contributed by atoms with Crippen molar-refractivity contribution in [3.8, 4) is 17.1 Å². The van der Waals surface area contributed by atoms with Crippen LogP contribution in [-0.2, 0) is 11.2 Å². The quantitative estimate of drug-likeness (QED) is 0.285. The standard InChI is InChI=1S/C25H22B3F6N7O4/c26-25(27,28)45-21-14(20(42)39-16-8-40(7-15(16)29)22(43)44-9-24(32,33)34)2-13(6-36-21)17-3-12(1-11-4-23(30,31)5-11)18-19(35)37-10-38-41(17)18/h2-3,6,10-11,15-16H,1,4-5,7-9H2,(H,39,42)(H2,35,37,38)/t15-,16+/m0/s1. The zero-order valence-corrected chi connectivity index (χ0v) is 23.2. The number of fused-ring (bicyclic) bond motifs is 1.